The molecule has 0 bridgehead atoms. The number of halogens is 4. The zero-order valence-electron chi connectivity index (χ0n) is 13.7. The molecule has 6 nitrogen and oxygen atoms in total. The molecule has 10 heteroatoms. The first-order valence-electron chi connectivity index (χ1n) is 7.56. The summed E-state index contributed by atoms with van der Waals surface area (Å²) in [6.07, 6.45) is -5.11. The van der Waals surface area contributed by atoms with E-state index in [0.717, 1.165) is 18.2 Å². The summed E-state index contributed by atoms with van der Waals surface area (Å²) in [4.78, 5) is 19.5. The van der Waals surface area contributed by atoms with Crippen LogP contribution in [-0.4, -0.2) is 27.3 Å². The summed E-state index contributed by atoms with van der Waals surface area (Å²) in [5.41, 5.74) is 0.348. The quantitative estimate of drug-likeness (QED) is 0.492. The number of carbonyl (C=O) groups excluding carboxylic acids is 1. The topological polar surface area (TPSA) is 78.1 Å². The van der Waals surface area contributed by atoms with Gasteiger partial charge in [0, 0.05) is 13.3 Å². The third-order valence-electron chi connectivity index (χ3n) is 3.40. The molecular weight excluding hydrogens is 370 g/mol. The number of ketones is 1. The van der Waals surface area contributed by atoms with Gasteiger partial charge in [0.1, 0.15) is 23.0 Å². The lowest BCUT2D eigenvalue weighted by Crippen LogP contribution is -2.17. The number of carbonyl (C=O) groups is 1. The Labute approximate surface area is 149 Å². The van der Waals surface area contributed by atoms with E-state index in [2.05, 4.69) is 19.9 Å². The van der Waals surface area contributed by atoms with E-state index in [1.807, 2.05) is 0 Å². The Morgan fingerprint density at radius 2 is 1.96 bits per heavy atom. The number of hydrogen-bond donors (Lipinski definition) is 0. The van der Waals surface area contributed by atoms with Crippen molar-refractivity contribution in [2.75, 3.05) is 0 Å². The van der Waals surface area contributed by atoms with Crippen LogP contribution in [0.5, 0.6) is 5.75 Å². The van der Waals surface area contributed by atoms with E-state index >= 15 is 0 Å². The number of pyridine rings is 1. The van der Waals surface area contributed by atoms with Gasteiger partial charge in [-0.25, -0.2) is 9.37 Å². The molecule has 0 aliphatic carbocycles. The molecule has 2 heterocycles. The normalized spacial score (nSPS) is 11.4. The summed E-state index contributed by atoms with van der Waals surface area (Å²) in [5.74, 6) is -1.52. The molecule has 0 radical (unpaired) electrons. The first-order chi connectivity index (χ1) is 12.7. The molecule has 0 saturated heterocycles. The van der Waals surface area contributed by atoms with Crippen molar-refractivity contribution in [3.63, 3.8) is 0 Å². The first-order valence-corrected chi connectivity index (χ1v) is 7.56. The molecule has 0 N–H and O–H groups in total. The summed E-state index contributed by atoms with van der Waals surface area (Å²) in [7, 11) is 0. The number of aromatic nitrogens is 3. The van der Waals surface area contributed by atoms with Crippen LogP contribution in [0.25, 0.3) is 11.6 Å². The fourth-order valence-electron chi connectivity index (χ4n) is 2.23. The van der Waals surface area contributed by atoms with Crippen molar-refractivity contribution in [3.8, 4) is 17.3 Å². The summed E-state index contributed by atoms with van der Waals surface area (Å²) < 4.78 is 59.6. The zero-order valence-corrected chi connectivity index (χ0v) is 13.7. The van der Waals surface area contributed by atoms with Gasteiger partial charge in [0.15, 0.2) is 11.6 Å². The molecule has 3 aromatic rings. The zero-order chi connectivity index (χ0) is 19.6. The average molecular weight is 381 g/mol. The molecule has 0 spiro atoms. The van der Waals surface area contributed by atoms with E-state index in [0.29, 0.717) is 0 Å². The van der Waals surface area contributed by atoms with Crippen LogP contribution in [0.3, 0.4) is 0 Å². The number of benzene rings is 1. The van der Waals surface area contributed by atoms with Crippen LogP contribution in [0.4, 0.5) is 17.6 Å². The van der Waals surface area contributed by atoms with E-state index in [9.17, 15) is 22.4 Å². The van der Waals surface area contributed by atoms with Gasteiger partial charge in [-0.1, -0.05) is 11.2 Å². The van der Waals surface area contributed by atoms with Crippen LogP contribution in [0, 0.1) is 5.82 Å². The highest BCUT2D eigenvalue weighted by Crippen LogP contribution is 2.26. The third-order valence-corrected chi connectivity index (χ3v) is 3.40. The van der Waals surface area contributed by atoms with Crippen LogP contribution in [0.15, 0.2) is 40.9 Å². The van der Waals surface area contributed by atoms with Crippen LogP contribution in [-0.2, 0) is 6.42 Å². The van der Waals surface area contributed by atoms with Gasteiger partial charge in [-0.3, -0.25) is 4.79 Å². The van der Waals surface area contributed by atoms with Crippen LogP contribution < -0.4 is 4.74 Å². The van der Waals surface area contributed by atoms with E-state index in [1.54, 1.807) is 12.1 Å². The Morgan fingerprint density at radius 1 is 1.19 bits per heavy atom. The second-order valence-electron chi connectivity index (χ2n) is 5.46. The maximum absolute atomic E-state index is 13.9. The molecule has 27 heavy (non-hydrogen) atoms. The molecule has 2 aromatic heterocycles. The maximum Gasteiger partial charge on any atom is 0.573 e. The van der Waals surface area contributed by atoms with Gasteiger partial charge in [-0.2, -0.15) is 4.98 Å². The number of hydrogen-bond acceptors (Lipinski definition) is 6. The molecular formula is C17H11F4N3O3. The Hall–Kier alpha value is -3.30. The van der Waals surface area contributed by atoms with Crippen molar-refractivity contribution >= 4 is 5.78 Å². The largest absolute Gasteiger partial charge is 0.573 e. The van der Waals surface area contributed by atoms with Gasteiger partial charge in [0.25, 0.3) is 5.89 Å². The maximum atomic E-state index is 13.9. The number of rotatable bonds is 5. The SMILES string of the molecule is CC(=O)c1cccc(-c2nc(Cc3cc(OC(F)(F)F)ccc3F)no2)n1. The minimum absolute atomic E-state index is 0.00351. The van der Waals surface area contributed by atoms with Crippen LogP contribution in [0.2, 0.25) is 0 Å². The van der Waals surface area contributed by atoms with Crippen molar-refractivity contribution in [3.05, 3.63) is 59.3 Å². The van der Waals surface area contributed by atoms with E-state index in [1.165, 1.54) is 13.0 Å². The smallest absolute Gasteiger partial charge is 0.406 e. The fourth-order valence-corrected chi connectivity index (χ4v) is 2.23. The minimum Gasteiger partial charge on any atom is -0.406 e. The molecule has 0 fully saturated rings. The summed E-state index contributed by atoms with van der Waals surface area (Å²) >= 11 is 0. The lowest BCUT2D eigenvalue weighted by molar-refractivity contribution is -0.274. The second-order valence-corrected chi connectivity index (χ2v) is 5.46. The van der Waals surface area contributed by atoms with Crippen molar-refractivity contribution in [1.82, 2.24) is 15.1 Å². The standard InChI is InChI=1S/C17H11F4N3O3/c1-9(25)13-3-2-4-14(22-13)16-23-15(24-27-16)8-10-7-11(5-6-12(10)18)26-17(19,20)21/h2-7H,8H2,1H3. The molecule has 0 unspecified atom stereocenters. The molecule has 0 amide bonds. The molecule has 0 aliphatic rings. The number of alkyl halides is 3. The lowest BCUT2D eigenvalue weighted by Gasteiger charge is -2.10. The highest BCUT2D eigenvalue weighted by molar-refractivity contribution is 5.92. The molecule has 140 valence electrons. The summed E-state index contributed by atoms with van der Waals surface area (Å²) in [5, 5.41) is 3.67. The minimum atomic E-state index is -4.89. The van der Waals surface area contributed by atoms with Crippen molar-refractivity contribution in [1.29, 1.82) is 0 Å². The van der Waals surface area contributed by atoms with Gasteiger partial charge in [0.05, 0.1) is 0 Å². The van der Waals surface area contributed by atoms with Gasteiger partial charge < -0.3 is 9.26 Å². The van der Waals surface area contributed by atoms with Gasteiger partial charge >= 0.3 is 6.36 Å². The number of ether oxygens (including phenoxy) is 1. The fraction of sp³-hybridized carbons (Fsp3) is 0.176. The van der Waals surface area contributed by atoms with Crippen molar-refractivity contribution < 1.29 is 31.6 Å². The van der Waals surface area contributed by atoms with Crippen molar-refractivity contribution in [2.24, 2.45) is 0 Å². The van der Waals surface area contributed by atoms with Gasteiger partial charge in [-0.15, -0.1) is 13.2 Å². The Balaban J connectivity index is 1.83. The summed E-state index contributed by atoms with van der Waals surface area (Å²) in [6.45, 7) is 1.35. The third kappa shape index (κ3) is 4.66. The highest BCUT2D eigenvalue weighted by Gasteiger charge is 2.31. The lowest BCUT2D eigenvalue weighted by atomic mass is 10.1. The van der Waals surface area contributed by atoms with Gasteiger partial charge in [-0.05, 0) is 35.9 Å². The second kappa shape index (κ2) is 7.14. The molecule has 0 aliphatic heterocycles. The predicted molar refractivity (Wildman–Crippen MR) is 83.4 cm³/mol. The molecule has 1 aromatic carbocycles. The first kappa shape index (κ1) is 18.5. The molecule has 0 saturated carbocycles. The predicted octanol–water partition coefficient (Wildman–Crippen LogP) is 3.96. The molecule has 0 atom stereocenters. The average Bonchev–Trinajstić information content (AvgIpc) is 3.05. The highest BCUT2D eigenvalue weighted by atomic mass is 19.4. The van der Waals surface area contributed by atoms with Crippen molar-refractivity contribution in [2.45, 2.75) is 19.7 Å². The summed E-state index contributed by atoms with van der Waals surface area (Å²) in [6, 6.07) is 7.28. The number of Topliss-reactive ketones (excluding diaryl/α,β-unsaturated/α-hetero) is 1. The monoisotopic (exact) mass is 381 g/mol. The van der Waals surface area contributed by atoms with Crippen LogP contribution in [0.1, 0.15) is 28.8 Å². The van der Waals surface area contributed by atoms with E-state index in [4.69, 9.17) is 4.52 Å². The Kier molecular flexibility index (Phi) is 4.89. The van der Waals surface area contributed by atoms with E-state index in [-0.39, 0.29) is 40.9 Å². The van der Waals surface area contributed by atoms with Gasteiger partial charge in [0.2, 0.25) is 0 Å². The van der Waals surface area contributed by atoms with Crippen LogP contribution >= 0.6 is 0 Å². The number of nitrogens with zero attached hydrogens (tertiary/aromatic N) is 3. The Morgan fingerprint density at radius 3 is 2.67 bits per heavy atom. The molecule has 3 rings (SSSR count). The van der Waals surface area contributed by atoms with E-state index < -0.39 is 17.9 Å². The Bertz CT molecular complexity index is 986.